The van der Waals surface area contributed by atoms with Gasteiger partial charge in [-0.2, -0.15) is 0 Å². The lowest BCUT2D eigenvalue weighted by Gasteiger charge is -2.27. The molecule has 0 saturated carbocycles. The van der Waals surface area contributed by atoms with E-state index in [0.717, 1.165) is 10.9 Å². The van der Waals surface area contributed by atoms with Gasteiger partial charge in [-0.25, -0.2) is 19.9 Å². The summed E-state index contributed by atoms with van der Waals surface area (Å²) in [6.45, 7) is 2.62. The van der Waals surface area contributed by atoms with Crippen molar-refractivity contribution in [2.24, 2.45) is 0 Å². The molecule has 1 aliphatic rings. The number of anilines is 3. The van der Waals surface area contributed by atoms with E-state index in [1.165, 1.54) is 6.20 Å². The predicted molar refractivity (Wildman–Crippen MR) is 132 cm³/mol. The van der Waals surface area contributed by atoms with Gasteiger partial charge in [-0.15, -0.1) is 0 Å². The van der Waals surface area contributed by atoms with Crippen molar-refractivity contribution in [3.05, 3.63) is 66.5 Å². The standard InChI is InChI=1S/C25H21N7O3/c26-19-7-6-16(14-28-19)24(33)29-17-4-1-3-15(13-17)22-30-20-18-5-2-8-27-25(18)35-21(20)23(31-22)32-9-11-34-12-10-32/h1-8,13-14H,9-12H2,(H2,26,28)(H,29,33). The fourth-order valence-electron chi connectivity index (χ4n) is 4.06. The summed E-state index contributed by atoms with van der Waals surface area (Å²) in [5.41, 5.74) is 9.21. The van der Waals surface area contributed by atoms with Crippen LogP contribution in [-0.4, -0.2) is 52.1 Å². The molecule has 6 rings (SSSR count). The maximum atomic E-state index is 12.7. The molecule has 4 aromatic heterocycles. The molecule has 174 valence electrons. The molecule has 1 saturated heterocycles. The van der Waals surface area contributed by atoms with E-state index in [1.807, 2.05) is 36.4 Å². The molecule has 10 nitrogen and oxygen atoms in total. The SMILES string of the molecule is Nc1ccc(C(=O)Nc2cccc(-c3nc(N4CCOCC4)c4oc5ncccc5c4n3)c2)cn1. The van der Waals surface area contributed by atoms with E-state index in [1.54, 1.807) is 18.3 Å². The second-order valence-corrected chi connectivity index (χ2v) is 8.11. The van der Waals surface area contributed by atoms with Crippen LogP contribution < -0.4 is 16.0 Å². The highest BCUT2D eigenvalue weighted by Gasteiger charge is 2.23. The minimum Gasteiger partial charge on any atom is -0.432 e. The number of hydrogen-bond donors (Lipinski definition) is 2. The van der Waals surface area contributed by atoms with Gasteiger partial charge < -0.3 is 25.1 Å². The third-order valence-electron chi connectivity index (χ3n) is 5.81. The third-order valence-corrected chi connectivity index (χ3v) is 5.81. The average molecular weight is 467 g/mol. The second-order valence-electron chi connectivity index (χ2n) is 8.11. The number of carbonyl (C=O) groups excluding carboxylic acids is 1. The van der Waals surface area contributed by atoms with Crippen LogP contribution in [0.4, 0.5) is 17.3 Å². The summed E-state index contributed by atoms with van der Waals surface area (Å²) in [5.74, 6) is 1.30. The fraction of sp³-hybridized carbons (Fsp3) is 0.160. The first kappa shape index (κ1) is 21.0. The molecular formula is C25H21N7O3. The highest BCUT2D eigenvalue weighted by Crippen LogP contribution is 2.34. The molecule has 0 bridgehead atoms. The Hall–Kier alpha value is -4.57. The van der Waals surface area contributed by atoms with E-state index in [0.29, 0.717) is 71.8 Å². The number of nitrogens with zero attached hydrogens (tertiary/aromatic N) is 5. The van der Waals surface area contributed by atoms with Gasteiger partial charge in [0, 0.05) is 36.7 Å². The average Bonchev–Trinajstić information content (AvgIpc) is 3.28. The number of fused-ring (bicyclic) bond motifs is 3. The zero-order valence-corrected chi connectivity index (χ0v) is 18.6. The van der Waals surface area contributed by atoms with Crippen molar-refractivity contribution >= 4 is 45.4 Å². The Bertz CT molecular complexity index is 1540. The number of benzene rings is 1. The molecule has 35 heavy (non-hydrogen) atoms. The summed E-state index contributed by atoms with van der Waals surface area (Å²) in [6.07, 6.45) is 3.13. The van der Waals surface area contributed by atoms with Crippen LogP contribution >= 0.6 is 0 Å². The Morgan fingerprint density at radius 3 is 2.74 bits per heavy atom. The fourth-order valence-corrected chi connectivity index (χ4v) is 4.06. The zero-order chi connectivity index (χ0) is 23.8. The first-order chi connectivity index (χ1) is 17.2. The first-order valence-corrected chi connectivity index (χ1v) is 11.2. The summed E-state index contributed by atoms with van der Waals surface area (Å²) in [5, 5.41) is 3.72. The lowest BCUT2D eigenvalue weighted by atomic mass is 10.1. The van der Waals surface area contributed by atoms with Crippen LogP contribution in [0.5, 0.6) is 0 Å². The largest absolute Gasteiger partial charge is 0.432 e. The summed E-state index contributed by atoms with van der Waals surface area (Å²) < 4.78 is 11.6. The van der Waals surface area contributed by atoms with Crippen LogP contribution in [0, 0.1) is 0 Å². The Kier molecular flexibility index (Phi) is 5.19. The molecule has 0 unspecified atom stereocenters. The Morgan fingerprint density at radius 2 is 1.91 bits per heavy atom. The van der Waals surface area contributed by atoms with Crippen molar-refractivity contribution in [2.45, 2.75) is 0 Å². The highest BCUT2D eigenvalue weighted by atomic mass is 16.5. The number of furan rings is 1. The normalized spacial score (nSPS) is 13.9. The molecule has 1 aromatic carbocycles. The van der Waals surface area contributed by atoms with Crippen molar-refractivity contribution < 1.29 is 13.9 Å². The Morgan fingerprint density at radius 1 is 1.03 bits per heavy atom. The minimum absolute atomic E-state index is 0.285. The quantitative estimate of drug-likeness (QED) is 0.407. The Labute approximate surface area is 199 Å². The summed E-state index contributed by atoms with van der Waals surface area (Å²) >= 11 is 0. The number of carbonyl (C=O) groups is 1. The molecule has 0 spiro atoms. The molecule has 0 atom stereocenters. The van der Waals surface area contributed by atoms with Crippen molar-refractivity contribution in [1.29, 1.82) is 0 Å². The van der Waals surface area contributed by atoms with Crippen LogP contribution in [0.25, 0.3) is 33.6 Å². The number of amides is 1. The maximum absolute atomic E-state index is 12.7. The molecule has 0 aliphatic carbocycles. The third kappa shape index (κ3) is 4.00. The molecule has 0 radical (unpaired) electrons. The first-order valence-electron chi connectivity index (χ1n) is 11.2. The molecule has 10 heteroatoms. The molecule has 5 aromatic rings. The number of morpholine rings is 1. The molecule has 5 heterocycles. The van der Waals surface area contributed by atoms with Gasteiger partial charge in [-0.1, -0.05) is 12.1 Å². The van der Waals surface area contributed by atoms with Gasteiger partial charge in [-0.05, 0) is 36.4 Å². The highest BCUT2D eigenvalue weighted by molar-refractivity contribution is 6.06. The topological polar surface area (TPSA) is 132 Å². The van der Waals surface area contributed by atoms with Crippen molar-refractivity contribution in [3.63, 3.8) is 0 Å². The van der Waals surface area contributed by atoms with Crippen LogP contribution in [0.1, 0.15) is 10.4 Å². The second kappa shape index (κ2) is 8.65. The van der Waals surface area contributed by atoms with E-state index in [4.69, 9.17) is 24.9 Å². The number of nitrogens with two attached hydrogens (primary N) is 1. The number of nitrogens with one attached hydrogen (secondary N) is 1. The van der Waals surface area contributed by atoms with Crippen molar-refractivity contribution in [1.82, 2.24) is 19.9 Å². The van der Waals surface area contributed by atoms with E-state index in [-0.39, 0.29) is 5.91 Å². The van der Waals surface area contributed by atoms with Crippen molar-refractivity contribution in [3.8, 4) is 11.4 Å². The Balaban J connectivity index is 1.41. The molecular weight excluding hydrogens is 446 g/mol. The number of aromatic nitrogens is 4. The van der Waals surface area contributed by atoms with E-state index >= 15 is 0 Å². The van der Waals surface area contributed by atoms with Gasteiger partial charge in [0.25, 0.3) is 5.91 Å². The van der Waals surface area contributed by atoms with Crippen molar-refractivity contribution in [2.75, 3.05) is 42.3 Å². The van der Waals surface area contributed by atoms with Gasteiger partial charge >= 0.3 is 0 Å². The summed E-state index contributed by atoms with van der Waals surface area (Å²) in [6, 6.07) is 14.4. The van der Waals surface area contributed by atoms with Crippen LogP contribution in [0.3, 0.4) is 0 Å². The predicted octanol–water partition coefficient (Wildman–Crippen LogP) is 3.50. The number of nitrogen functional groups attached to an aromatic ring is 1. The van der Waals surface area contributed by atoms with Crippen LogP contribution in [-0.2, 0) is 4.74 Å². The van der Waals surface area contributed by atoms with Crippen LogP contribution in [0.2, 0.25) is 0 Å². The monoisotopic (exact) mass is 467 g/mol. The van der Waals surface area contributed by atoms with E-state index in [2.05, 4.69) is 20.2 Å². The molecule has 3 N–H and O–H groups in total. The van der Waals surface area contributed by atoms with E-state index in [9.17, 15) is 4.79 Å². The number of pyridine rings is 2. The van der Waals surface area contributed by atoms with E-state index < -0.39 is 0 Å². The van der Waals surface area contributed by atoms with Gasteiger partial charge in [0.1, 0.15) is 11.3 Å². The number of rotatable bonds is 4. The zero-order valence-electron chi connectivity index (χ0n) is 18.6. The van der Waals surface area contributed by atoms with Gasteiger partial charge in [0.05, 0.1) is 24.2 Å². The minimum atomic E-state index is -0.285. The molecule has 1 fully saturated rings. The van der Waals surface area contributed by atoms with Crippen LogP contribution in [0.15, 0.2) is 65.3 Å². The van der Waals surface area contributed by atoms with Gasteiger partial charge in [-0.3, -0.25) is 4.79 Å². The lowest BCUT2D eigenvalue weighted by molar-refractivity contribution is 0.102. The smallest absolute Gasteiger partial charge is 0.257 e. The summed E-state index contributed by atoms with van der Waals surface area (Å²) in [4.78, 5) is 32.8. The lowest BCUT2D eigenvalue weighted by Crippen LogP contribution is -2.37. The summed E-state index contributed by atoms with van der Waals surface area (Å²) in [7, 11) is 0. The van der Waals surface area contributed by atoms with Gasteiger partial charge in [0.2, 0.25) is 5.71 Å². The number of ether oxygens (including phenoxy) is 1. The number of hydrogen-bond acceptors (Lipinski definition) is 9. The maximum Gasteiger partial charge on any atom is 0.257 e. The van der Waals surface area contributed by atoms with Gasteiger partial charge in [0.15, 0.2) is 17.2 Å². The molecule has 1 aliphatic heterocycles. The molecule has 1 amide bonds.